The van der Waals surface area contributed by atoms with Gasteiger partial charge in [-0.2, -0.15) is 0 Å². The second kappa shape index (κ2) is 5.65. The van der Waals surface area contributed by atoms with Gasteiger partial charge in [0, 0.05) is 22.3 Å². The minimum atomic E-state index is -0.958. The molecule has 0 atom stereocenters. The number of aromatic nitrogens is 3. The van der Waals surface area contributed by atoms with Crippen molar-refractivity contribution < 1.29 is 14.6 Å². The molecule has 22 heavy (non-hydrogen) atoms. The molecule has 6 nitrogen and oxygen atoms in total. The van der Waals surface area contributed by atoms with Crippen LogP contribution in [0.5, 0.6) is 5.88 Å². The highest BCUT2D eigenvalue weighted by Gasteiger charge is 2.19. The Kier molecular flexibility index (Phi) is 3.68. The summed E-state index contributed by atoms with van der Waals surface area (Å²) in [4.78, 5) is 19.3. The first-order valence-electron chi connectivity index (χ1n) is 6.46. The van der Waals surface area contributed by atoms with E-state index < -0.39 is 5.97 Å². The number of hydrogen-bond acceptors (Lipinski definition) is 4. The molecule has 0 amide bonds. The molecule has 112 valence electrons. The molecule has 0 unspecified atom stereocenters. The van der Waals surface area contributed by atoms with E-state index in [1.165, 1.54) is 13.4 Å². The van der Waals surface area contributed by atoms with Crippen LogP contribution in [-0.4, -0.2) is 32.7 Å². The molecule has 1 aromatic carbocycles. The maximum atomic E-state index is 11.1. The molecule has 0 aliphatic rings. The molecule has 0 saturated carbocycles. The van der Waals surface area contributed by atoms with Gasteiger partial charge in [0.1, 0.15) is 18.5 Å². The summed E-state index contributed by atoms with van der Waals surface area (Å²) in [6.07, 6.45) is 3.05. The minimum Gasteiger partial charge on any atom is -0.480 e. The van der Waals surface area contributed by atoms with Gasteiger partial charge in [0.05, 0.1) is 12.5 Å². The molecular formula is C15H12ClN3O3. The number of carboxylic acid groups (broad SMARTS) is 1. The average Bonchev–Trinajstić information content (AvgIpc) is 2.86. The van der Waals surface area contributed by atoms with Gasteiger partial charge in [0.2, 0.25) is 5.88 Å². The number of hydrogen-bond donors (Lipinski definition) is 1. The first-order valence-corrected chi connectivity index (χ1v) is 6.84. The SMILES string of the molecule is COc1ncnc2c1c(-c1ccccc1Cl)cn2CC(=O)O. The maximum Gasteiger partial charge on any atom is 0.323 e. The van der Waals surface area contributed by atoms with Crippen molar-refractivity contribution in [1.82, 2.24) is 14.5 Å². The fraction of sp³-hybridized carbons (Fsp3) is 0.133. The Morgan fingerprint density at radius 1 is 1.32 bits per heavy atom. The Morgan fingerprint density at radius 3 is 2.77 bits per heavy atom. The summed E-state index contributed by atoms with van der Waals surface area (Å²) in [6.45, 7) is -0.207. The third-order valence-corrected chi connectivity index (χ3v) is 3.61. The van der Waals surface area contributed by atoms with Crippen molar-refractivity contribution in [2.75, 3.05) is 7.11 Å². The monoisotopic (exact) mass is 317 g/mol. The third-order valence-electron chi connectivity index (χ3n) is 3.28. The third kappa shape index (κ3) is 2.37. The molecule has 2 aromatic heterocycles. The lowest BCUT2D eigenvalue weighted by Crippen LogP contribution is -2.08. The molecule has 2 heterocycles. The number of benzene rings is 1. The van der Waals surface area contributed by atoms with E-state index in [9.17, 15) is 4.79 Å². The van der Waals surface area contributed by atoms with Crippen molar-refractivity contribution in [2.45, 2.75) is 6.54 Å². The number of ether oxygens (including phenoxy) is 1. The second-order valence-electron chi connectivity index (χ2n) is 4.63. The van der Waals surface area contributed by atoms with Gasteiger partial charge in [0.25, 0.3) is 0 Å². The van der Waals surface area contributed by atoms with Crippen LogP contribution in [0, 0.1) is 0 Å². The van der Waals surface area contributed by atoms with Gasteiger partial charge in [0.15, 0.2) is 0 Å². The quantitative estimate of drug-likeness (QED) is 0.800. The molecular weight excluding hydrogens is 306 g/mol. The Hall–Kier alpha value is -2.60. The smallest absolute Gasteiger partial charge is 0.323 e. The fourth-order valence-electron chi connectivity index (χ4n) is 2.40. The van der Waals surface area contributed by atoms with Gasteiger partial charge in [-0.15, -0.1) is 0 Å². The molecule has 0 spiro atoms. The predicted octanol–water partition coefficient (Wildman–Crippen LogP) is 2.84. The van der Waals surface area contributed by atoms with Crippen LogP contribution in [0.3, 0.4) is 0 Å². The van der Waals surface area contributed by atoms with E-state index in [2.05, 4.69) is 9.97 Å². The van der Waals surface area contributed by atoms with Gasteiger partial charge < -0.3 is 14.4 Å². The number of halogens is 1. The predicted molar refractivity (Wildman–Crippen MR) is 82.2 cm³/mol. The first-order chi connectivity index (χ1) is 10.6. The molecule has 0 aliphatic carbocycles. The van der Waals surface area contributed by atoms with Gasteiger partial charge in [-0.25, -0.2) is 9.97 Å². The van der Waals surface area contributed by atoms with Crippen LogP contribution in [0.15, 0.2) is 36.8 Å². The van der Waals surface area contributed by atoms with Crippen molar-refractivity contribution in [2.24, 2.45) is 0 Å². The topological polar surface area (TPSA) is 77.2 Å². The van der Waals surface area contributed by atoms with Gasteiger partial charge >= 0.3 is 5.97 Å². The molecule has 0 fully saturated rings. The van der Waals surface area contributed by atoms with E-state index in [4.69, 9.17) is 21.4 Å². The number of rotatable bonds is 4. The number of fused-ring (bicyclic) bond motifs is 1. The standard InChI is InChI=1S/C15H12ClN3O3/c1-22-15-13-10(9-4-2-3-5-11(9)16)6-19(7-12(20)21)14(13)17-8-18-15/h2-6,8H,7H2,1H3,(H,20,21). The fourth-order valence-corrected chi connectivity index (χ4v) is 2.64. The largest absolute Gasteiger partial charge is 0.480 e. The van der Waals surface area contributed by atoms with Crippen LogP contribution < -0.4 is 4.74 Å². The Morgan fingerprint density at radius 2 is 2.09 bits per heavy atom. The number of methoxy groups -OCH3 is 1. The molecule has 0 bridgehead atoms. The Labute approximate surface area is 130 Å². The summed E-state index contributed by atoms with van der Waals surface area (Å²) < 4.78 is 6.84. The van der Waals surface area contributed by atoms with Gasteiger partial charge in [-0.05, 0) is 6.07 Å². The minimum absolute atomic E-state index is 0.207. The zero-order valence-electron chi connectivity index (χ0n) is 11.7. The summed E-state index contributed by atoms with van der Waals surface area (Å²) in [5.74, 6) is -0.579. The van der Waals surface area contributed by atoms with Crippen molar-refractivity contribution >= 4 is 28.6 Å². The Balaban J connectivity index is 2.34. The lowest BCUT2D eigenvalue weighted by molar-refractivity contribution is -0.137. The molecule has 3 rings (SSSR count). The van der Waals surface area contributed by atoms with E-state index in [0.717, 1.165) is 11.1 Å². The van der Waals surface area contributed by atoms with Crippen LogP contribution in [-0.2, 0) is 11.3 Å². The van der Waals surface area contributed by atoms with Crippen LogP contribution in [0.2, 0.25) is 5.02 Å². The number of carboxylic acids is 1. The van der Waals surface area contributed by atoms with Crippen LogP contribution in [0.1, 0.15) is 0 Å². The number of carbonyl (C=O) groups is 1. The summed E-state index contributed by atoms with van der Waals surface area (Å²) in [5, 5.41) is 10.3. The van der Waals surface area contributed by atoms with Gasteiger partial charge in [-0.3, -0.25) is 4.79 Å². The highest BCUT2D eigenvalue weighted by atomic mass is 35.5. The van der Waals surface area contributed by atoms with Crippen LogP contribution >= 0.6 is 11.6 Å². The van der Waals surface area contributed by atoms with E-state index >= 15 is 0 Å². The van der Waals surface area contributed by atoms with Crippen LogP contribution in [0.4, 0.5) is 0 Å². The summed E-state index contributed by atoms with van der Waals surface area (Å²) >= 11 is 6.26. The lowest BCUT2D eigenvalue weighted by Gasteiger charge is -2.05. The molecule has 7 heteroatoms. The van der Waals surface area contributed by atoms with E-state index in [1.54, 1.807) is 16.8 Å². The average molecular weight is 318 g/mol. The summed E-state index contributed by atoms with van der Waals surface area (Å²) in [7, 11) is 1.51. The zero-order chi connectivity index (χ0) is 15.7. The molecule has 1 N–H and O–H groups in total. The van der Waals surface area contributed by atoms with Crippen molar-refractivity contribution in [1.29, 1.82) is 0 Å². The zero-order valence-corrected chi connectivity index (χ0v) is 12.4. The maximum absolute atomic E-state index is 11.1. The molecule has 0 saturated heterocycles. The van der Waals surface area contributed by atoms with Crippen molar-refractivity contribution in [3.63, 3.8) is 0 Å². The van der Waals surface area contributed by atoms with E-state index in [0.29, 0.717) is 21.9 Å². The van der Waals surface area contributed by atoms with Crippen molar-refractivity contribution in [3.8, 4) is 17.0 Å². The number of aliphatic carboxylic acids is 1. The van der Waals surface area contributed by atoms with Crippen molar-refractivity contribution in [3.05, 3.63) is 41.8 Å². The normalized spacial score (nSPS) is 10.8. The summed E-state index contributed by atoms with van der Waals surface area (Å²) in [5.41, 5.74) is 2.00. The Bertz CT molecular complexity index is 860. The van der Waals surface area contributed by atoms with Crippen LogP contribution in [0.25, 0.3) is 22.2 Å². The molecule has 0 radical (unpaired) electrons. The lowest BCUT2D eigenvalue weighted by atomic mass is 10.1. The second-order valence-corrected chi connectivity index (χ2v) is 5.03. The molecule has 0 aliphatic heterocycles. The first kappa shape index (κ1) is 14.3. The van der Waals surface area contributed by atoms with E-state index in [1.807, 2.05) is 18.2 Å². The summed E-state index contributed by atoms with van der Waals surface area (Å²) in [6, 6.07) is 7.32. The molecule has 3 aromatic rings. The highest BCUT2D eigenvalue weighted by Crippen LogP contribution is 2.37. The van der Waals surface area contributed by atoms with Gasteiger partial charge in [-0.1, -0.05) is 29.8 Å². The number of nitrogens with zero attached hydrogens (tertiary/aromatic N) is 3. The van der Waals surface area contributed by atoms with E-state index in [-0.39, 0.29) is 6.54 Å². The highest BCUT2D eigenvalue weighted by molar-refractivity contribution is 6.33.